The number of nitrogens with one attached hydrogen (secondary N) is 1. The van der Waals surface area contributed by atoms with Crippen molar-refractivity contribution in [2.75, 3.05) is 26.7 Å². The Morgan fingerprint density at radius 1 is 1.40 bits per heavy atom. The van der Waals surface area contributed by atoms with Gasteiger partial charge in [-0.2, -0.15) is 0 Å². The average molecular weight is 299 g/mol. The molecule has 0 aromatic heterocycles. The van der Waals surface area contributed by atoms with E-state index in [4.69, 9.17) is 11.6 Å². The molecule has 1 saturated heterocycles. The molecule has 1 fully saturated rings. The molecule has 0 bridgehead atoms. The first kappa shape index (κ1) is 15.3. The summed E-state index contributed by atoms with van der Waals surface area (Å²) in [5.41, 5.74) is 0.337. The van der Waals surface area contributed by atoms with Gasteiger partial charge in [0.2, 0.25) is 0 Å². The maximum absolute atomic E-state index is 13.3. The third kappa shape index (κ3) is 3.93. The predicted molar refractivity (Wildman–Crippen MR) is 78.6 cm³/mol. The van der Waals surface area contributed by atoms with E-state index >= 15 is 0 Å². The summed E-state index contributed by atoms with van der Waals surface area (Å²) in [6.07, 6.45) is 3.16. The molecule has 0 unspecified atom stereocenters. The number of carbonyl (C=O) groups excluding carboxylic acids is 1. The molecule has 1 aromatic carbocycles. The van der Waals surface area contributed by atoms with Gasteiger partial charge in [0.1, 0.15) is 5.82 Å². The molecule has 1 aliphatic heterocycles. The van der Waals surface area contributed by atoms with Gasteiger partial charge in [-0.3, -0.25) is 4.79 Å². The zero-order chi connectivity index (χ0) is 14.5. The Hall–Kier alpha value is -1.13. The van der Waals surface area contributed by atoms with Gasteiger partial charge in [0.05, 0.1) is 0 Å². The first-order valence-electron chi connectivity index (χ1n) is 7.00. The van der Waals surface area contributed by atoms with E-state index in [0.29, 0.717) is 11.5 Å². The third-order valence-corrected chi connectivity index (χ3v) is 4.03. The molecule has 1 aromatic rings. The van der Waals surface area contributed by atoms with Crippen molar-refractivity contribution in [2.45, 2.75) is 19.3 Å². The molecule has 0 aliphatic carbocycles. The highest BCUT2D eigenvalue weighted by Crippen LogP contribution is 2.22. The van der Waals surface area contributed by atoms with Crippen molar-refractivity contribution in [2.24, 2.45) is 5.92 Å². The Bertz CT molecular complexity index is 453. The third-order valence-electron chi connectivity index (χ3n) is 3.81. The standard InChI is InChI=1S/C15H20ClFN2O/c1-18-5-2-11-3-6-19(7-4-11)15(20)12-8-13(16)10-14(17)9-12/h8-11,18H,2-7H2,1H3. The fourth-order valence-corrected chi connectivity index (χ4v) is 2.85. The highest BCUT2D eigenvalue weighted by molar-refractivity contribution is 6.31. The van der Waals surface area contributed by atoms with Crippen LogP contribution in [0.4, 0.5) is 4.39 Å². The van der Waals surface area contributed by atoms with E-state index < -0.39 is 5.82 Å². The minimum Gasteiger partial charge on any atom is -0.339 e. The summed E-state index contributed by atoms with van der Waals surface area (Å²) in [5.74, 6) is 0.0748. The number of nitrogens with zero attached hydrogens (tertiary/aromatic N) is 1. The first-order valence-corrected chi connectivity index (χ1v) is 7.38. The largest absolute Gasteiger partial charge is 0.339 e. The van der Waals surface area contributed by atoms with Crippen LogP contribution in [-0.4, -0.2) is 37.5 Å². The number of carbonyl (C=O) groups is 1. The summed E-state index contributed by atoms with van der Waals surface area (Å²) in [6, 6.07) is 3.99. The molecule has 0 saturated carbocycles. The Balaban J connectivity index is 1.94. The molecule has 0 spiro atoms. The molecule has 20 heavy (non-hydrogen) atoms. The second kappa shape index (κ2) is 7.04. The number of rotatable bonds is 4. The van der Waals surface area contributed by atoms with Crippen LogP contribution in [0.1, 0.15) is 29.6 Å². The fourth-order valence-electron chi connectivity index (χ4n) is 2.63. The highest BCUT2D eigenvalue weighted by Gasteiger charge is 2.23. The van der Waals surface area contributed by atoms with Crippen molar-refractivity contribution >= 4 is 17.5 Å². The van der Waals surface area contributed by atoms with E-state index in [1.165, 1.54) is 18.2 Å². The topological polar surface area (TPSA) is 32.3 Å². The van der Waals surface area contributed by atoms with Gasteiger partial charge in [-0.15, -0.1) is 0 Å². The van der Waals surface area contributed by atoms with Crippen molar-refractivity contribution in [1.29, 1.82) is 0 Å². The predicted octanol–water partition coefficient (Wildman–Crippen LogP) is 2.94. The van der Waals surface area contributed by atoms with Gasteiger partial charge in [-0.25, -0.2) is 4.39 Å². The Morgan fingerprint density at radius 3 is 2.70 bits per heavy atom. The lowest BCUT2D eigenvalue weighted by atomic mass is 9.93. The van der Waals surface area contributed by atoms with Crippen LogP contribution in [0.3, 0.4) is 0 Å². The molecule has 1 heterocycles. The van der Waals surface area contributed by atoms with Crippen LogP contribution in [0.5, 0.6) is 0 Å². The summed E-state index contributed by atoms with van der Waals surface area (Å²) < 4.78 is 13.3. The molecule has 1 N–H and O–H groups in total. The highest BCUT2D eigenvalue weighted by atomic mass is 35.5. The van der Waals surface area contributed by atoms with Crippen LogP contribution in [0.2, 0.25) is 5.02 Å². The second-order valence-corrected chi connectivity index (χ2v) is 5.72. The maximum atomic E-state index is 13.3. The molecule has 1 aliphatic rings. The van der Waals surface area contributed by atoms with Crippen molar-refractivity contribution in [3.8, 4) is 0 Å². The summed E-state index contributed by atoms with van der Waals surface area (Å²) in [5, 5.41) is 3.41. The van der Waals surface area contributed by atoms with E-state index in [2.05, 4.69) is 5.32 Å². The molecule has 2 rings (SSSR count). The first-order chi connectivity index (χ1) is 9.60. The number of hydrogen-bond acceptors (Lipinski definition) is 2. The SMILES string of the molecule is CNCCC1CCN(C(=O)c2cc(F)cc(Cl)c2)CC1. The lowest BCUT2D eigenvalue weighted by Crippen LogP contribution is -2.39. The van der Waals surface area contributed by atoms with Gasteiger partial charge in [0, 0.05) is 23.7 Å². The van der Waals surface area contributed by atoms with Gasteiger partial charge in [0.15, 0.2) is 0 Å². The molecular weight excluding hydrogens is 279 g/mol. The lowest BCUT2D eigenvalue weighted by Gasteiger charge is -2.32. The van der Waals surface area contributed by atoms with Crippen molar-refractivity contribution in [3.63, 3.8) is 0 Å². The Morgan fingerprint density at radius 2 is 2.10 bits per heavy atom. The van der Waals surface area contributed by atoms with E-state index in [9.17, 15) is 9.18 Å². The second-order valence-electron chi connectivity index (χ2n) is 5.29. The van der Waals surface area contributed by atoms with Crippen LogP contribution in [0, 0.1) is 11.7 Å². The average Bonchev–Trinajstić information content (AvgIpc) is 2.44. The van der Waals surface area contributed by atoms with Crippen LogP contribution >= 0.6 is 11.6 Å². The van der Waals surface area contributed by atoms with Gasteiger partial charge in [0.25, 0.3) is 5.91 Å². The number of piperidine rings is 1. The number of hydrogen-bond donors (Lipinski definition) is 1. The number of likely N-dealkylation sites (tertiary alicyclic amines) is 1. The smallest absolute Gasteiger partial charge is 0.254 e. The Kier molecular flexibility index (Phi) is 5.38. The maximum Gasteiger partial charge on any atom is 0.254 e. The number of benzene rings is 1. The molecule has 0 radical (unpaired) electrons. The van der Waals surface area contributed by atoms with E-state index in [1.54, 1.807) is 4.90 Å². The number of amides is 1. The summed E-state index contributed by atoms with van der Waals surface area (Å²) in [7, 11) is 1.95. The zero-order valence-electron chi connectivity index (χ0n) is 11.7. The van der Waals surface area contributed by atoms with Gasteiger partial charge >= 0.3 is 0 Å². The van der Waals surface area contributed by atoms with Crippen molar-refractivity contribution in [3.05, 3.63) is 34.6 Å². The lowest BCUT2D eigenvalue weighted by molar-refractivity contribution is 0.0686. The van der Waals surface area contributed by atoms with Gasteiger partial charge in [-0.05, 0) is 57.0 Å². The summed E-state index contributed by atoms with van der Waals surface area (Å²) in [4.78, 5) is 14.1. The molecule has 1 amide bonds. The summed E-state index contributed by atoms with van der Waals surface area (Å²) in [6.45, 7) is 2.49. The van der Waals surface area contributed by atoms with Gasteiger partial charge in [-0.1, -0.05) is 11.6 Å². The minimum absolute atomic E-state index is 0.126. The Labute approximate surface area is 124 Å². The van der Waals surface area contributed by atoms with Crippen LogP contribution in [0.25, 0.3) is 0 Å². The van der Waals surface area contributed by atoms with Gasteiger partial charge < -0.3 is 10.2 Å². The quantitative estimate of drug-likeness (QED) is 0.927. The molecule has 0 atom stereocenters. The fraction of sp³-hybridized carbons (Fsp3) is 0.533. The van der Waals surface area contributed by atoms with Crippen LogP contribution < -0.4 is 5.32 Å². The van der Waals surface area contributed by atoms with E-state index in [-0.39, 0.29) is 10.9 Å². The van der Waals surface area contributed by atoms with Crippen LogP contribution in [-0.2, 0) is 0 Å². The van der Waals surface area contributed by atoms with Crippen molar-refractivity contribution < 1.29 is 9.18 Å². The molecule has 5 heteroatoms. The number of halogens is 2. The zero-order valence-corrected chi connectivity index (χ0v) is 12.4. The monoisotopic (exact) mass is 298 g/mol. The summed E-state index contributed by atoms with van der Waals surface area (Å²) >= 11 is 5.80. The van der Waals surface area contributed by atoms with E-state index in [0.717, 1.165) is 38.9 Å². The molecule has 3 nitrogen and oxygen atoms in total. The molecule has 110 valence electrons. The minimum atomic E-state index is -0.468. The van der Waals surface area contributed by atoms with E-state index in [1.807, 2.05) is 7.05 Å². The molecular formula is C15H20ClFN2O. The van der Waals surface area contributed by atoms with Crippen molar-refractivity contribution in [1.82, 2.24) is 10.2 Å². The normalized spacial score (nSPS) is 16.4. The van der Waals surface area contributed by atoms with Crippen LogP contribution in [0.15, 0.2) is 18.2 Å².